The lowest BCUT2D eigenvalue weighted by atomic mass is 9.84. The van der Waals surface area contributed by atoms with Crippen LogP contribution in [0.3, 0.4) is 0 Å². The molecule has 0 radical (unpaired) electrons. The average Bonchev–Trinajstić information content (AvgIpc) is 2.42. The molecule has 0 aliphatic rings. The summed E-state index contributed by atoms with van der Waals surface area (Å²) in [6, 6.07) is 0.560. The van der Waals surface area contributed by atoms with Crippen molar-refractivity contribution in [1.82, 2.24) is 15.1 Å². The van der Waals surface area contributed by atoms with E-state index in [-0.39, 0.29) is 0 Å². The molecule has 1 N–H and O–H groups in total. The molecule has 3 nitrogen and oxygen atoms in total. The zero-order valence-electron chi connectivity index (χ0n) is 15.1. The van der Waals surface area contributed by atoms with E-state index in [9.17, 15) is 0 Å². The topological polar surface area (TPSA) is 18.5 Å². The predicted molar refractivity (Wildman–Crippen MR) is 91.4 cm³/mol. The van der Waals surface area contributed by atoms with Gasteiger partial charge in [0.15, 0.2) is 0 Å². The molecular formula is C17H39N3. The molecule has 0 aromatic rings. The highest BCUT2D eigenvalue weighted by molar-refractivity contribution is 4.83. The van der Waals surface area contributed by atoms with Gasteiger partial charge in [-0.05, 0) is 58.0 Å². The molecule has 0 aliphatic heterocycles. The minimum absolute atomic E-state index is 0.321. The molecule has 0 spiro atoms. The Morgan fingerprint density at radius 2 is 1.40 bits per heavy atom. The highest BCUT2D eigenvalue weighted by Crippen LogP contribution is 2.22. The van der Waals surface area contributed by atoms with Crippen molar-refractivity contribution in [2.75, 3.05) is 45.8 Å². The second kappa shape index (κ2) is 10.6. The van der Waals surface area contributed by atoms with Gasteiger partial charge in [0, 0.05) is 12.6 Å². The molecule has 0 heterocycles. The summed E-state index contributed by atoms with van der Waals surface area (Å²) in [6.07, 6.45) is 1.28. The Morgan fingerprint density at radius 3 is 1.85 bits per heavy atom. The first-order valence-corrected chi connectivity index (χ1v) is 8.59. The molecule has 0 saturated carbocycles. The SMILES string of the molecule is CCNC(C)C(C)(C)CN(CC)CCCN(CC)CC. The van der Waals surface area contributed by atoms with Crippen LogP contribution in [0, 0.1) is 5.41 Å². The molecule has 3 heteroatoms. The fourth-order valence-corrected chi connectivity index (χ4v) is 2.70. The van der Waals surface area contributed by atoms with Gasteiger partial charge in [-0.1, -0.05) is 41.5 Å². The van der Waals surface area contributed by atoms with Crippen LogP contribution in [0.2, 0.25) is 0 Å². The smallest absolute Gasteiger partial charge is 0.0102 e. The zero-order valence-corrected chi connectivity index (χ0v) is 15.1. The van der Waals surface area contributed by atoms with Crippen molar-refractivity contribution in [2.45, 2.75) is 60.9 Å². The van der Waals surface area contributed by atoms with Gasteiger partial charge >= 0.3 is 0 Å². The van der Waals surface area contributed by atoms with Crippen LogP contribution >= 0.6 is 0 Å². The Bertz CT molecular complexity index is 224. The molecule has 0 saturated heterocycles. The van der Waals surface area contributed by atoms with Gasteiger partial charge < -0.3 is 15.1 Å². The highest BCUT2D eigenvalue weighted by Gasteiger charge is 2.27. The maximum absolute atomic E-state index is 3.57. The number of hydrogen-bond donors (Lipinski definition) is 1. The van der Waals surface area contributed by atoms with Gasteiger partial charge in [0.05, 0.1) is 0 Å². The fraction of sp³-hybridized carbons (Fsp3) is 1.00. The molecular weight excluding hydrogens is 246 g/mol. The van der Waals surface area contributed by atoms with E-state index in [0.29, 0.717) is 11.5 Å². The van der Waals surface area contributed by atoms with Crippen molar-refractivity contribution in [2.24, 2.45) is 5.41 Å². The third-order valence-electron chi connectivity index (χ3n) is 4.60. The molecule has 20 heavy (non-hydrogen) atoms. The first-order valence-electron chi connectivity index (χ1n) is 8.59. The van der Waals surface area contributed by atoms with Gasteiger partial charge in [0.25, 0.3) is 0 Å². The lowest BCUT2D eigenvalue weighted by Gasteiger charge is -2.37. The highest BCUT2D eigenvalue weighted by atomic mass is 15.1. The number of nitrogens with one attached hydrogen (secondary N) is 1. The molecule has 0 aromatic heterocycles. The molecule has 0 aliphatic carbocycles. The van der Waals surface area contributed by atoms with E-state index >= 15 is 0 Å². The standard InChI is InChI=1S/C17H39N3/c1-8-18-16(5)17(6,7)15-20(11-4)14-12-13-19(9-2)10-3/h16,18H,8-15H2,1-7H3. The van der Waals surface area contributed by atoms with Gasteiger partial charge in [0.2, 0.25) is 0 Å². The van der Waals surface area contributed by atoms with E-state index in [1.54, 1.807) is 0 Å². The van der Waals surface area contributed by atoms with Crippen molar-refractivity contribution >= 4 is 0 Å². The van der Waals surface area contributed by atoms with Crippen LogP contribution in [0.5, 0.6) is 0 Å². The zero-order chi connectivity index (χ0) is 15.6. The Balaban J connectivity index is 4.19. The van der Waals surface area contributed by atoms with Crippen molar-refractivity contribution in [3.05, 3.63) is 0 Å². The quantitative estimate of drug-likeness (QED) is 0.594. The normalized spacial score (nSPS) is 14.2. The van der Waals surface area contributed by atoms with Crippen LogP contribution in [0.1, 0.15) is 54.9 Å². The van der Waals surface area contributed by atoms with Crippen LogP contribution in [-0.2, 0) is 0 Å². The van der Waals surface area contributed by atoms with Gasteiger partial charge in [-0.25, -0.2) is 0 Å². The third-order valence-corrected chi connectivity index (χ3v) is 4.60. The summed E-state index contributed by atoms with van der Waals surface area (Å²) in [5, 5.41) is 3.57. The van der Waals surface area contributed by atoms with Crippen LogP contribution in [0.25, 0.3) is 0 Å². The molecule has 0 amide bonds. The summed E-state index contributed by atoms with van der Waals surface area (Å²) in [5.41, 5.74) is 0.321. The van der Waals surface area contributed by atoms with Crippen molar-refractivity contribution in [1.29, 1.82) is 0 Å². The van der Waals surface area contributed by atoms with Crippen LogP contribution < -0.4 is 5.32 Å². The molecule has 0 fully saturated rings. The first-order chi connectivity index (χ1) is 9.41. The Hall–Kier alpha value is -0.120. The number of rotatable bonds is 12. The van der Waals surface area contributed by atoms with Gasteiger partial charge in [-0.3, -0.25) is 0 Å². The fourth-order valence-electron chi connectivity index (χ4n) is 2.70. The maximum Gasteiger partial charge on any atom is 0.0102 e. The third kappa shape index (κ3) is 7.61. The van der Waals surface area contributed by atoms with E-state index in [1.807, 2.05) is 0 Å². The second-order valence-corrected chi connectivity index (χ2v) is 6.52. The molecule has 0 bridgehead atoms. The van der Waals surface area contributed by atoms with E-state index in [0.717, 1.165) is 13.1 Å². The molecule has 1 atom stereocenters. The minimum Gasteiger partial charge on any atom is -0.314 e. The van der Waals surface area contributed by atoms with E-state index in [2.05, 4.69) is 63.6 Å². The summed E-state index contributed by atoms with van der Waals surface area (Å²) >= 11 is 0. The Morgan fingerprint density at radius 1 is 0.900 bits per heavy atom. The lowest BCUT2D eigenvalue weighted by molar-refractivity contribution is 0.142. The number of nitrogens with zero attached hydrogens (tertiary/aromatic N) is 2. The van der Waals surface area contributed by atoms with Crippen molar-refractivity contribution in [3.63, 3.8) is 0 Å². The number of hydrogen-bond acceptors (Lipinski definition) is 3. The Labute approximate surface area is 128 Å². The molecule has 122 valence electrons. The van der Waals surface area contributed by atoms with Crippen LogP contribution in [0.4, 0.5) is 0 Å². The Kier molecular flexibility index (Phi) is 10.5. The first kappa shape index (κ1) is 19.9. The summed E-state index contributed by atoms with van der Waals surface area (Å²) in [5.74, 6) is 0. The average molecular weight is 286 g/mol. The molecule has 0 rings (SSSR count). The van der Waals surface area contributed by atoms with E-state index in [4.69, 9.17) is 0 Å². The largest absolute Gasteiger partial charge is 0.314 e. The molecule has 1 unspecified atom stereocenters. The van der Waals surface area contributed by atoms with E-state index in [1.165, 1.54) is 39.1 Å². The van der Waals surface area contributed by atoms with Crippen LogP contribution in [0.15, 0.2) is 0 Å². The maximum atomic E-state index is 3.57. The summed E-state index contributed by atoms with van der Waals surface area (Å²) in [6.45, 7) is 24.2. The predicted octanol–water partition coefficient (Wildman–Crippen LogP) is 3.06. The monoisotopic (exact) mass is 285 g/mol. The summed E-state index contributed by atoms with van der Waals surface area (Å²) in [7, 11) is 0. The lowest BCUT2D eigenvalue weighted by Crippen LogP contribution is -2.47. The van der Waals surface area contributed by atoms with E-state index < -0.39 is 0 Å². The van der Waals surface area contributed by atoms with Gasteiger partial charge in [-0.15, -0.1) is 0 Å². The second-order valence-electron chi connectivity index (χ2n) is 6.52. The summed E-state index contributed by atoms with van der Waals surface area (Å²) < 4.78 is 0. The van der Waals surface area contributed by atoms with Crippen LogP contribution in [-0.4, -0.2) is 61.7 Å². The minimum atomic E-state index is 0.321. The van der Waals surface area contributed by atoms with Crippen molar-refractivity contribution in [3.8, 4) is 0 Å². The van der Waals surface area contributed by atoms with Gasteiger partial charge in [0.1, 0.15) is 0 Å². The van der Waals surface area contributed by atoms with Gasteiger partial charge in [-0.2, -0.15) is 0 Å². The molecule has 0 aromatic carbocycles. The summed E-state index contributed by atoms with van der Waals surface area (Å²) in [4.78, 5) is 5.12. The van der Waals surface area contributed by atoms with Crippen molar-refractivity contribution < 1.29 is 0 Å².